The molecule has 0 aromatic carbocycles. The molecule has 0 atom stereocenters. The van der Waals surface area contributed by atoms with E-state index < -0.39 is 18.0 Å². The molecule has 0 aliphatic rings. The Bertz CT molecular complexity index is 356. The molecule has 0 aromatic rings. The molecule has 0 rings (SSSR count). The van der Waals surface area contributed by atoms with Crippen molar-refractivity contribution in [2.45, 2.75) is 0 Å². The molecule has 0 aromatic heterocycles. The third-order valence-electron chi connectivity index (χ3n) is 0.675. The SMILES string of the molecule is C=COS(=O)(=O)S(=O)(=O)C=C.[H-].[Na+]. The first-order valence-electron chi connectivity index (χ1n) is 2.29. The van der Waals surface area contributed by atoms with Crippen LogP contribution in [0.3, 0.4) is 0 Å². The van der Waals surface area contributed by atoms with Crippen LogP contribution in [0.2, 0.25) is 0 Å². The second kappa shape index (κ2) is 5.03. The maximum Gasteiger partial charge on any atom is 1.00 e. The van der Waals surface area contributed by atoms with Crippen molar-refractivity contribution in [2.24, 2.45) is 0 Å². The fourth-order valence-corrected chi connectivity index (χ4v) is 1.66. The molecule has 12 heavy (non-hydrogen) atoms. The number of hydrogen-bond acceptors (Lipinski definition) is 5. The Labute approximate surface area is 94.3 Å². The topological polar surface area (TPSA) is 77.5 Å². The van der Waals surface area contributed by atoms with Crippen molar-refractivity contribution >= 4 is 18.0 Å². The van der Waals surface area contributed by atoms with Gasteiger partial charge in [0, 0.05) is 5.41 Å². The normalized spacial score (nSPS) is 11.0. The van der Waals surface area contributed by atoms with Crippen LogP contribution in [0.4, 0.5) is 0 Å². The first-order chi connectivity index (χ1) is 4.87. The molecule has 0 aliphatic heterocycles. The standard InChI is InChI=1S/C4H6O5S2.Na.H/c1-3-9-11(7,8)10(5,6)4-2;;/h3-4H,1-2H2;;/q;+1;-1. The Hall–Kier alpha value is 0.180. The monoisotopic (exact) mass is 222 g/mol. The van der Waals surface area contributed by atoms with Crippen LogP contribution in [-0.4, -0.2) is 16.8 Å². The molecule has 0 N–H and O–H groups in total. The largest absolute Gasteiger partial charge is 1.00 e. The number of hydrogen-bond donors (Lipinski definition) is 0. The van der Waals surface area contributed by atoms with Gasteiger partial charge in [-0.25, -0.2) is 8.42 Å². The van der Waals surface area contributed by atoms with E-state index in [1.54, 1.807) is 0 Å². The van der Waals surface area contributed by atoms with Crippen molar-refractivity contribution in [3.05, 3.63) is 24.8 Å². The van der Waals surface area contributed by atoms with Gasteiger partial charge in [-0.15, -0.1) is 0 Å². The van der Waals surface area contributed by atoms with Gasteiger partial charge in [0.25, 0.3) is 0 Å². The Morgan fingerprint density at radius 1 is 1.17 bits per heavy atom. The van der Waals surface area contributed by atoms with E-state index in [0.717, 1.165) is 0 Å². The summed E-state index contributed by atoms with van der Waals surface area (Å²) in [5.41, 5.74) is 0. The number of rotatable bonds is 4. The summed E-state index contributed by atoms with van der Waals surface area (Å²) in [4.78, 5) is 0. The molecule has 0 radical (unpaired) electrons. The van der Waals surface area contributed by atoms with Crippen molar-refractivity contribution in [1.29, 1.82) is 0 Å². The first kappa shape index (κ1) is 14.7. The minimum Gasteiger partial charge on any atom is -1.00 e. The van der Waals surface area contributed by atoms with Crippen molar-refractivity contribution in [3.63, 3.8) is 0 Å². The van der Waals surface area contributed by atoms with E-state index >= 15 is 0 Å². The summed E-state index contributed by atoms with van der Waals surface area (Å²) in [5.74, 6) is 0. The summed E-state index contributed by atoms with van der Waals surface area (Å²) in [6.45, 7) is 5.69. The van der Waals surface area contributed by atoms with Gasteiger partial charge in [-0.2, -0.15) is 8.42 Å². The third kappa shape index (κ3) is 3.28. The van der Waals surface area contributed by atoms with E-state index in [1.165, 1.54) is 0 Å². The van der Waals surface area contributed by atoms with E-state index in [0.29, 0.717) is 6.26 Å². The molecule has 0 aliphatic carbocycles. The molecule has 0 saturated heterocycles. The van der Waals surface area contributed by atoms with Crippen molar-refractivity contribution in [2.75, 3.05) is 0 Å². The Kier molecular flexibility index (Phi) is 6.16. The Balaban J connectivity index is -0.000000500. The zero-order valence-corrected chi connectivity index (χ0v) is 10.1. The average molecular weight is 222 g/mol. The van der Waals surface area contributed by atoms with Crippen LogP contribution < -0.4 is 29.6 Å². The molecule has 0 saturated carbocycles. The van der Waals surface area contributed by atoms with Gasteiger partial charge in [0.1, 0.15) is 6.26 Å². The van der Waals surface area contributed by atoms with Gasteiger partial charge in [-0.05, 0) is 0 Å². The van der Waals surface area contributed by atoms with Crippen LogP contribution in [0.25, 0.3) is 0 Å². The maximum atomic E-state index is 10.5. The molecule has 0 unspecified atom stereocenters. The van der Waals surface area contributed by atoms with Gasteiger partial charge in [-0.3, -0.25) is 0 Å². The van der Waals surface area contributed by atoms with E-state index in [1.807, 2.05) is 0 Å². The molecular weight excluding hydrogens is 215 g/mol. The molecule has 5 nitrogen and oxygen atoms in total. The maximum absolute atomic E-state index is 10.5. The van der Waals surface area contributed by atoms with Gasteiger partial charge >= 0.3 is 47.6 Å². The van der Waals surface area contributed by atoms with Crippen LogP contribution in [0.1, 0.15) is 1.43 Å². The summed E-state index contributed by atoms with van der Waals surface area (Å²) in [6.07, 6.45) is 0.510. The predicted molar refractivity (Wildman–Crippen MR) is 40.4 cm³/mol. The zero-order valence-electron chi connectivity index (χ0n) is 7.43. The summed E-state index contributed by atoms with van der Waals surface area (Å²) in [5, 5.41) is 0.284. The quantitative estimate of drug-likeness (QED) is 0.289. The summed E-state index contributed by atoms with van der Waals surface area (Å²) < 4.78 is 45.9. The van der Waals surface area contributed by atoms with E-state index in [-0.39, 0.29) is 36.4 Å². The minimum atomic E-state index is -4.62. The van der Waals surface area contributed by atoms with Crippen LogP contribution in [0.15, 0.2) is 24.8 Å². The van der Waals surface area contributed by atoms with Crippen molar-refractivity contribution < 1.29 is 52.0 Å². The molecule has 8 heteroatoms. The van der Waals surface area contributed by atoms with Crippen LogP contribution >= 0.6 is 0 Å². The predicted octanol–water partition coefficient (Wildman–Crippen LogP) is -2.93. The zero-order chi connectivity index (χ0) is 9.12. The molecule has 0 fully saturated rings. The fourth-order valence-electron chi connectivity index (χ4n) is 0.221. The Morgan fingerprint density at radius 3 is 1.83 bits per heavy atom. The molecule has 66 valence electrons. The van der Waals surface area contributed by atoms with Crippen molar-refractivity contribution in [3.8, 4) is 0 Å². The van der Waals surface area contributed by atoms with Gasteiger partial charge in [0.05, 0.1) is 0 Å². The summed E-state index contributed by atoms with van der Waals surface area (Å²) >= 11 is 0. The molecular formula is C4H7NaO5S2. The minimum absolute atomic E-state index is 0. The molecule has 0 amide bonds. The molecule has 0 bridgehead atoms. The molecule has 0 heterocycles. The summed E-state index contributed by atoms with van der Waals surface area (Å²) in [7, 11) is -9.04. The van der Waals surface area contributed by atoms with Gasteiger partial charge < -0.3 is 5.61 Å². The van der Waals surface area contributed by atoms with Gasteiger partial charge in [-0.1, -0.05) is 13.2 Å². The average Bonchev–Trinajstić information content (AvgIpc) is 1.87. The molecule has 0 spiro atoms. The van der Waals surface area contributed by atoms with E-state index in [2.05, 4.69) is 17.3 Å². The second-order valence-corrected chi connectivity index (χ2v) is 6.28. The van der Waals surface area contributed by atoms with Gasteiger partial charge in [0.15, 0.2) is 0 Å². The van der Waals surface area contributed by atoms with Crippen LogP contribution in [0.5, 0.6) is 0 Å². The van der Waals surface area contributed by atoms with Gasteiger partial charge in [0.2, 0.25) is 0 Å². The third-order valence-corrected chi connectivity index (χ3v) is 4.37. The van der Waals surface area contributed by atoms with E-state index in [9.17, 15) is 16.8 Å². The fraction of sp³-hybridized carbons (Fsp3) is 0. The summed E-state index contributed by atoms with van der Waals surface area (Å²) in [6, 6.07) is 0. The smallest absolute Gasteiger partial charge is 1.00 e. The van der Waals surface area contributed by atoms with E-state index in [4.69, 9.17) is 0 Å². The van der Waals surface area contributed by atoms with Crippen molar-refractivity contribution in [1.82, 2.24) is 0 Å². The van der Waals surface area contributed by atoms with Crippen LogP contribution in [0, 0.1) is 0 Å². The second-order valence-electron chi connectivity index (χ2n) is 1.33. The van der Waals surface area contributed by atoms with Crippen LogP contribution in [-0.2, 0) is 22.2 Å². The Morgan fingerprint density at radius 2 is 1.58 bits per heavy atom. The first-order valence-corrected chi connectivity index (χ1v) is 5.76.